The van der Waals surface area contributed by atoms with Gasteiger partial charge in [0.2, 0.25) is 0 Å². The molecule has 0 atom stereocenters. The maximum Gasteiger partial charge on any atom is 0.416 e. The van der Waals surface area contributed by atoms with Gasteiger partial charge in [0, 0.05) is 40.5 Å². The van der Waals surface area contributed by atoms with Crippen LogP contribution in [0.15, 0.2) is 45.3 Å². The molecule has 2 amide bonds. The van der Waals surface area contributed by atoms with E-state index < -0.39 is 45.9 Å². The van der Waals surface area contributed by atoms with Gasteiger partial charge in [0.25, 0.3) is 0 Å². The number of amides is 2. The molecule has 0 saturated carbocycles. The number of benzene rings is 2. The number of aliphatic hydroxyl groups is 1. The molecule has 2 aromatic rings. The predicted octanol–water partition coefficient (Wildman–Crippen LogP) is 11.9. The number of nitrogens with zero attached hydrogens (tertiary/aromatic N) is 2. The van der Waals surface area contributed by atoms with Gasteiger partial charge in [-0.25, -0.2) is 9.59 Å². The Bertz CT molecular complexity index is 1570. The van der Waals surface area contributed by atoms with Crippen LogP contribution < -0.4 is 0 Å². The Balaban J connectivity index is 0.000000314. The zero-order valence-electron chi connectivity index (χ0n) is 32.3. The quantitative estimate of drug-likeness (QED) is 0.243. The highest BCUT2D eigenvalue weighted by atomic mass is 79.9. The Morgan fingerprint density at radius 1 is 0.673 bits per heavy atom. The van der Waals surface area contributed by atoms with E-state index >= 15 is 0 Å². The lowest BCUT2D eigenvalue weighted by molar-refractivity contribution is -0.138. The first kappa shape index (κ1) is 49.1. The van der Waals surface area contributed by atoms with Crippen molar-refractivity contribution in [2.24, 2.45) is 0 Å². The average molecular weight is 986 g/mol. The van der Waals surface area contributed by atoms with Gasteiger partial charge in [-0.3, -0.25) is 0 Å². The van der Waals surface area contributed by atoms with Gasteiger partial charge in [0.1, 0.15) is 11.2 Å². The van der Waals surface area contributed by atoms with E-state index in [1.54, 1.807) is 28.9 Å². The highest BCUT2D eigenvalue weighted by molar-refractivity contribution is 9.10. The van der Waals surface area contributed by atoms with Crippen molar-refractivity contribution in [3.8, 4) is 0 Å². The number of ether oxygens (including phenoxy) is 3. The molecule has 0 aromatic heterocycles. The van der Waals surface area contributed by atoms with Gasteiger partial charge in [0.15, 0.2) is 0 Å². The van der Waals surface area contributed by atoms with Crippen molar-refractivity contribution in [1.82, 2.24) is 9.80 Å². The van der Waals surface area contributed by atoms with Crippen LogP contribution in [0.3, 0.4) is 0 Å². The van der Waals surface area contributed by atoms with E-state index in [0.29, 0.717) is 77.3 Å². The summed E-state index contributed by atoms with van der Waals surface area (Å²) in [5, 5.41) is 10.1. The number of alkyl halides is 7. The van der Waals surface area contributed by atoms with Crippen LogP contribution in [0.1, 0.15) is 103 Å². The molecule has 0 spiro atoms. The van der Waals surface area contributed by atoms with Crippen molar-refractivity contribution in [2.75, 3.05) is 26.2 Å². The summed E-state index contributed by atoms with van der Waals surface area (Å²) in [5.74, 6) is 0. The lowest BCUT2D eigenvalue weighted by Crippen LogP contribution is -2.47. The van der Waals surface area contributed by atoms with Gasteiger partial charge in [-0.1, -0.05) is 47.8 Å². The second-order valence-electron chi connectivity index (χ2n) is 16.0. The van der Waals surface area contributed by atoms with Gasteiger partial charge in [-0.05, 0) is 129 Å². The lowest BCUT2D eigenvalue weighted by Gasteiger charge is -2.39. The molecule has 4 rings (SSSR count). The van der Waals surface area contributed by atoms with E-state index in [1.165, 1.54) is 0 Å². The minimum atomic E-state index is -4.40. The van der Waals surface area contributed by atoms with Crippen LogP contribution >= 0.6 is 47.8 Å². The van der Waals surface area contributed by atoms with Gasteiger partial charge in [-0.2, -0.15) is 26.3 Å². The number of halogens is 9. The number of piperidine rings is 2. The van der Waals surface area contributed by atoms with Crippen LogP contribution in [0.5, 0.6) is 0 Å². The predicted molar refractivity (Wildman–Crippen MR) is 209 cm³/mol. The summed E-state index contributed by atoms with van der Waals surface area (Å²) >= 11 is 9.25. The standard InChI is InChI=1S/C19H25BrF3NO3.C11H21NO3.C8H5Br2F3/c1-17(2,3)27-16(25)24-7-5-18(4,6-8-24)26-12-13-9-14(19(21,22)23)11-15(20)10-13;1-10(2,3)15-9(13)12-7-5-11(4,14)6-8-12;9-4-5-1-6(8(11,12)13)3-7(10)2-5/h9-11H,5-8,12H2,1-4H3;14H,5-8H2,1-4H3;1-3H,4H2. The van der Waals surface area contributed by atoms with E-state index in [4.69, 9.17) is 14.2 Å². The summed E-state index contributed by atoms with van der Waals surface area (Å²) in [5.41, 5.74) is -2.41. The second-order valence-corrected chi connectivity index (χ2v) is 18.4. The summed E-state index contributed by atoms with van der Waals surface area (Å²) in [6.07, 6.45) is -6.90. The molecule has 0 bridgehead atoms. The maximum absolute atomic E-state index is 12.9. The molecule has 2 fully saturated rings. The number of carbonyl (C=O) groups excluding carboxylic acids is 2. The summed E-state index contributed by atoms with van der Waals surface area (Å²) in [7, 11) is 0. The molecule has 0 aliphatic carbocycles. The molecule has 0 unspecified atom stereocenters. The van der Waals surface area contributed by atoms with Crippen molar-refractivity contribution < 1.29 is 55.2 Å². The molecule has 17 heteroatoms. The molecule has 2 heterocycles. The Labute approximate surface area is 345 Å². The summed E-state index contributed by atoms with van der Waals surface area (Å²) < 4.78 is 92.9. The Kier molecular flexibility index (Phi) is 17.5. The van der Waals surface area contributed by atoms with E-state index in [-0.39, 0.29) is 18.8 Å². The van der Waals surface area contributed by atoms with Crippen molar-refractivity contribution >= 4 is 60.0 Å². The first-order valence-electron chi connectivity index (χ1n) is 17.5. The van der Waals surface area contributed by atoms with Gasteiger partial charge in [0.05, 0.1) is 28.9 Å². The smallest absolute Gasteiger partial charge is 0.416 e. The molecule has 55 heavy (non-hydrogen) atoms. The summed E-state index contributed by atoms with van der Waals surface area (Å²) in [6.45, 7) is 16.9. The largest absolute Gasteiger partial charge is 0.444 e. The third-order valence-electron chi connectivity index (χ3n) is 8.28. The van der Waals surface area contributed by atoms with E-state index in [0.717, 1.165) is 24.3 Å². The van der Waals surface area contributed by atoms with E-state index in [9.17, 15) is 41.0 Å². The highest BCUT2D eigenvalue weighted by Gasteiger charge is 2.36. The number of hydrogen-bond donors (Lipinski definition) is 1. The first-order valence-corrected chi connectivity index (χ1v) is 20.2. The minimum Gasteiger partial charge on any atom is -0.444 e. The molecule has 8 nitrogen and oxygen atoms in total. The first-order chi connectivity index (χ1) is 24.9. The van der Waals surface area contributed by atoms with Crippen LogP contribution in [-0.4, -0.2) is 75.7 Å². The average Bonchev–Trinajstić information content (AvgIpc) is 3.02. The van der Waals surface area contributed by atoms with Gasteiger partial charge in [-0.15, -0.1) is 0 Å². The Hall–Kier alpha value is -2.08. The molecule has 1 N–H and O–H groups in total. The zero-order chi connectivity index (χ0) is 42.2. The molecular formula is C38H51Br3F6N2O6. The van der Waals surface area contributed by atoms with Crippen LogP contribution in [0.2, 0.25) is 0 Å². The van der Waals surface area contributed by atoms with Crippen LogP contribution in [0.25, 0.3) is 0 Å². The summed E-state index contributed by atoms with van der Waals surface area (Å²) in [6, 6.07) is 7.60. The number of rotatable bonds is 4. The molecule has 2 saturated heterocycles. The maximum atomic E-state index is 12.9. The number of carbonyl (C=O) groups is 2. The highest BCUT2D eigenvalue weighted by Crippen LogP contribution is 2.34. The monoisotopic (exact) mass is 982 g/mol. The van der Waals surface area contributed by atoms with Crippen LogP contribution in [0, 0.1) is 0 Å². The molecular weight excluding hydrogens is 934 g/mol. The van der Waals surface area contributed by atoms with E-state index in [2.05, 4.69) is 47.8 Å². The zero-order valence-corrected chi connectivity index (χ0v) is 37.1. The van der Waals surface area contributed by atoms with Gasteiger partial charge >= 0.3 is 24.5 Å². The third-order valence-corrected chi connectivity index (χ3v) is 9.84. The molecule has 2 aromatic carbocycles. The van der Waals surface area contributed by atoms with E-state index in [1.807, 2.05) is 48.5 Å². The number of hydrogen-bond acceptors (Lipinski definition) is 6. The van der Waals surface area contributed by atoms with Crippen LogP contribution in [-0.2, 0) is 38.5 Å². The van der Waals surface area contributed by atoms with Crippen LogP contribution in [0.4, 0.5) is 35.9 Å². The third kappa shape index (κ3) is 18.4. The summed E-state index contributed by atoms with van der Waals surface area (Å²) in [4.78, 5) is 27.1. The van der Waals surface area contributed by atoms with Crippen molar-refractivity contribution in [1.29, 1.82) is 0 Å². The number of likely N-dealkylation sites (tertiary alicyclic amines) is 2. The fourth-order valence-electron chi connectivity index (χ4n) is 5.18. The fraction of sp³-hybridized carbons (Fsp3) is 0.632. The molecule has 0 radical (unpaired) electrons. The topological polar surface area (TPSA) is 88.5 Å². The second kappa shape index (κ2) is 19.6. The Morgan fingerprint density at radius 2 is 1.04 bits per heavy atom. The molecule has 312 valence electrons. The normalized spacial score (nSPS) is 17.3. The van der Waals surface area contributed by atoms with Gasteiger partial charge < -0.3 is 29.1 Å². The molecule has 2 aliphatic heterocycles. The van der Waals surface area contributed by atoms with Crippen molar-refractivity contribution in [3.05, 3.63) is 67.6 Å². The lowest BCUT2D eigenvalue weighted by atomic mass is 9.93. The van der Waals surface area contributed by atoms with Crippen molar-refractivity contribution in [3.63, 3.8) is 0 Å². The minimum absolute atomic E-state index is 0.0749. The fourth-order valence-corrected chi connectivity index (χ4v) is 6.58. The Morgan fingerprint density at radius 3 is 1.40 bits per heavy atom. The van der Waals surface area contributed by atoms with Crippen molar-refractivity contribution in [2.45, 2.75) is 128 Å². The molecule has 2 aliphatic rings. The SMILES string of the molecule is CC(C)(C)OC(=O)N1CCC(C)(OCc2cc(Br)cc(C(F)(F)F)c2)CC1.CC1(O)CCN(C(=O)OC(C)(C)C)CC1.FC(F)(F)c1cc(Br)cc(CBr)c1.